The molecule has 0 saturated carbocycles. The Morgan fingerprint density at radius 3 is 2.40 bits per heavy atom. The number of amides is 1. The van der Waals surface area contributed by atoms with E-state index in [1.54, 1.807) is 17.0 Å². The van der Waals surface area contributed by atoms with E-state index in [-0.39, 0.29) is 23.5 Å². The van der Waals surface area contributed by atoms with Crippen LogP contribution in [0.15, 0.2) is 48.5 Å². The molecule has 1 amide bonds. The standard InChI is InChI=1S/C23H30N2O4S/c1-4-14-29-22-8-6-5-7-21(22)23(26)25(20-13-15-30(27,28)17-20)16-18-9-11-19(12-10-18)24(2)3/h5-12,20H,4,13-17H2,1-3H3. The van der Waals surface area contributed by atoms with Crippen LogP contribution in [0.2, 0.25) is 0 Å². The van der Waals surface area contributed by atoms with Gasteiger partial charge in [-0.15, -0.1) is 0 Å². The van der Waals surface area contributed by atoms with Crippen LogP contribution in [0.25, 0.3) is 0 Å². The van der Waals surface area contributed by atoms with Crippen LogP contribution in [-0.2, 0) is 16.4 Å². The van der Waals surface area contributed by atoms with Gasteiger partial charge in [0.25, 0.3) is 5.91 Å². The lowest BCUT2D eigenvalue weighted by Gasteiger charge is -2.29. The highest BCUT2D eigenvalue weighted by molar-refractivity contribution is 7.91. The number of rotatable bonds is 8. The van der Waals surface area contributed by atoms with Gasteiger partial charge in [0.2, 0.25) is 0 Å². The molecule has 1 aliphatic heterocycles. The Labute approximate surface area is 179 Å². The molecule has 3 rings (SSSR count). The summed E-state index contributed by atoms with van der Waals surface area (Å²) in [5, 5.41) is 0. The monoisotopic (exact) mass is 430 g/mol. The van der Waals surface area contributed by atoms with Crippen molar-refractivity contribution in [2.24, 2.45) is 0 Å². The number of carbonyl (C=O) groups excluding carboxylic acids is 1. The van der Waals surface area contributed by atoms with E-state index >= 15 is 0 Å². The number of benzene rings is 2. The Morgan fingerprint density at radius 1 is 1.10 bits per heavy atom. The lowest BCUT2D eigenvalue weighted by molar-refractivity contribution is 0.0676. The summed E-state index contributed by atoms with van der Waals surface area (Å²) in [4.78, 5) is 17.3. The first kappa shape index (κ1) is 22.2. The first-order valence-electron chi connectivity index (χ1n) is 10.3. The predicted molar refractivity (Wildman–Crippen MR) is 120 cm³/mol. The molecule has 6 nitrogen and oxygen atoms in total. The number of carbonyl (C=O) groups is 1. The van der Waals surface area contributed by atoms with Crippen LogP contribution < -0.4 is 9.64 Å². The SMILES string of the molecule is CCCOc1ccccc1C(=O)N(Cc1ccc(N(C)C)cc1)C1CCS(=O)(=O)C1. The predicted octanol–water partition coefficient (Wildman–Crippen LogP) is 3.37. The Kier molecular flexibility index (Phi) is 7.02. The Balaban J connectivity index is 1.91. The summed E-state index contributed by atoms with van der Waals surface area (Å²) in [6.07, 6.45) is 1.30. The molecule has 162 valence electrons. The molecular weight excluding hydrogens is 400 g/mol. The lowest BCUT2D eigenvalue weighted by atomic mass is 10.1. The molecular formula is C23H30N2O4S. The highest BCUT2D eigenvalue weighted by atomic mass is 32.2. The third-order valence-electron chi connectivity index (χ3n) is 5.29. The summed E-state index contributed by atoms with van der Waals surface area (Å²) in [5.41, 5.74) is 2.50. The van der Waals surface area contributed by atoms with Crippen LogP contribution in [0.5, 0.6) is 5.75 Å². The lowest BCUT2D eigenvalue weighted by Crippen LogP contribution is -2.40. The zero-order valence-corrected chi connectivity index (χ0v) is 18.7. The van der Waals surface area contributed by atoms with E-state index in [0.29, 0.717) is 30.9 Å². The number of ether oxygens (including phenoxy) is 1. The quantitative estimate of drug-likeness (QED) is 0.642. The van der Waals surface area contributed by atoms with Crippen molar-refractivity contribution in [2.75, 3.05) is 37.1 Å². The summed E-state index contributed by atoms with van der Waals surface area (Å²) in [6, 6.07) is 14.8. The van der Waals surface area contributed by atoms with E-state index in [0.717, 1.165) is 17.7 Å². The van der Waals surface area contributed by atoms with Gasteiger partial charge in [-0.1, -0.05) is 31.2 Å². The average molecular weight is 431 g/mol. The fourth-order valence-electron chi connectivity index (χ4n) is 3.62. The second-order valence-corrected chi connectivity index (χ2v) is 10.1. The molecule has 2 aromatic carbocycles. The molecule has 0 radical (unpaired) electrons. The number of para-hydroxylation sites is 1. The second-order valence-electron chi connectivity index (χ2n) is 7.90. The topological polar surface area (TPSA) is 66.9 Å². The third-order valence-corrected chi connectivity index (χ3v) is 7.05. The molecule has 1 fully saturated rings. The van der Waals surface area contributed by atoms with Gasteiger partial charge < -0.3 is 14.5 Å². The fourth-order valence-corrected chi connectivity index (χ4v) is 5.35. The van der Waals surface area contributed by atoms with Crippen molar-refractivity contribution in [2.45, 2.75) is 32.4 Å². The van der Waals surface area contributed by atoms with Crippen molar-refractivity contribution in [3.63, 3.8) is 0 Å². The molecule has 0 bridgehead atoms. The van der Waals surface area contributed by atoms with Crippen LogP contribution >= 0.6 is 0 Å². The van der Waals surface area contributed by atoms with E-state index in [4.69, 9.17) is 4.74 Å². The van der Waals surface area contributed by atoms with Crippen LogP contribution in [0.1, 0.15) is 35.7 Å². The van der Waals surface area contributed by atoms with Gasteiger partial charge in [-0.25, -0.2) is 8.42 Å². The number of hydrogen-bond donors (Lipinski definition) is 0. The van der Waals surface area contributed by atoms with Gasteiger partial charge in [-0.2, -0.15) is 0 Å². The number of nitrogens with zero attached hydrogens (tertiary/aromatic N) is 2. The van der Waals surface area contributed by atoms with Gasteiger partial charge in [0.05, 0.1) is 23.7 Å². The summed E-state index contributed by atoms with van der Waals surface area (Å²) in [6.45, 7) is 2.89. The largest absolute Gasteiger partial charge is 0.493 e. The van der Waals surface area contributed by atoms with Gasteiger partial charge in [0.1, 0.15) is 5.75 Å². The molecule has 0 aromatic heterocycles. The van der Waals surface area contributed by atoms with Gasteiger partial charge in [-0.05, 0) is 42.7 Å². The Morgan fingerprint density at radius 2 is 1.80 bits per heavy atom. The van der Waals surface area contributed by atoms with Gasteiger partial charge in [-0.3, -0.25) is 4.79 Å². The smallest absolute Gasteiger partial charge is 0.258 e. The summed E-state index contributed by atoms with van der Waals surface area (Å²) < 4.78 is 30.0. The third kappa shape index (κ3) is 5.33. The van der Waals surface area contributed by atoms with E-state index < -0.39 is 9.84 Å². The first-order chi connectivity index (χ1) is 14.3. The van der Waals surface area contributed by atoms with Gasteiger partial charge in [0, 0.05) is 32.4 Å². The second kappa shape index (κ2) is 9.51. The zero-order chi connectivity index (χ0) is 21.7. The number of anilines is 1. The van der Waals surface area contributed by atoms with Crippen molar-refractivity contribution < 1.29 is 17.9 Å². The number of sulfone groups is 1. The first-order valence-corrected chi connectivity index (χ1v) is 12.1. The molecule has 0 spiro atoms. The van der Waals surface area contributed by atoms with Crippen LogP contribution in [0, 0.1) is 0 Å². The van der Waals surface area contributed by atoms with Crippen LogP contribution in [0.4, 0.5) is 5.69 Å². The fraction of sp³-hybridized carbons (Fsp3) is 0.435. The van der Waals surface area contributed by atoms with E-state index in [1.165, 1.54) is 0 Å². The summed E-state index contributed by atoms with van der Waals surface area (Å²) >= 11 is 0. The highest BCUT2D eigenvalue weighted by Gasteiger charge is 2.35. The van der Waals surface area contributed by atoms with Crippen molar-refractivity contribution in [1.82, 2.24) is 4.90 Å². The molecule has 0 N–H and O–H groups in total. The van der Waals surface area contributed by atoms with Crippen molar-refractivity contribution in [3.05, 3.63) is 59.7 Å². The summed E-state index contributed by atoms with van der Waals surface area (Å²) in [7, 11) is 0.825. The number of hydrogen-bond acceptors (Lipinski definition) is 5. The van der Waals surface area contributed by atoms with E-state index in [9.17, 15) is 13.2 Å². The minimum atomic E-state index is -3.12. The maximum absolute atomic E-state index is 13.5. The molecule has 0 aliphatic carbocycles. The van der Waals surface area contributed by atoms with Gasteiger partial charge in [0.15, 0.2) is 9.84 Å². The van der Waals surface area contributed by atoms with Crippen LogP contribution in [0.3, 0.4) is 0 Å². The highest BCUT2D eigenvalue weighted by Crippen LogP contribution is 2.27. The molecule has 1 unspecified atom stereocenters. The molecule has 1 aliphatic rings. The van der Waals surface area contributed by atoms with Crippen molar-refractivity contribution in [1.29, 1.82) is 0 Å². The van der Waals surface area contributed by atoms with E-state index in [1.807, 2.05) is 62.3 Å². The average Bonchev–Trinajstić information content (AvgIpc) is 3.10. The summed E-state index contributed by atoms with van der Waals surface area (Å²) in [5.74, 6) is 0.472. The Bertz CT molecular complexity index is 971. The molecule has 1 saturated heterocycles. The molecule has 2 aromatic rings. The normalized spacial score (nSPS) is 17.5. The minimum Gasteiger partial charge on any atom is -0.493 e. The van der Waals surface area contributed by atoms with Gasteiger partial charge >= 0.3 is 0 Å². The van der Waals surface area contributed by atoms with Crippen molar-refractivity contribution in [3.8, 4) is 5.75 Å². The maximum atomic E-state index is 13.5. The zero-order valence-electron chi connectivity index (χ0n) is 17.9. The Hall–Kier alpha value is -2.54. The molecule has 30 heavy (non-hydrogen) atoms. The van der Waals surface area contributed by atoms with Crippen LogP contribution in [-0.4, -0.2) is 57.5 Å². The molecule has 7 heteroatoms. The maximum Gasteiger partial charge on any atom is 0.258 e. The van der Waals surface area contributed by atoms with Crippen molar-refractivity contribution >= 4 is 21.4 Å². The molecule has 1 heterocycles. The van der Waals surface area contributed by atoms with E-state index in [2.05, 4.69) is 0 Å². The minimum absolute atomic E-state index is 0.00645. The molecule has 1 atom stereocenters.